The standard InChI is InChI=1S/C20H25N3O5/c1-5-28-18-11-10-15(12-19(18)27-4)13-22(3)14(2)20(24)21-16-8-6-7-9-17(16)23(25)26/h6-12,14H,5,13H2,1-4H3,(H,21,24)/t14-/m0/s1. The van der Waals surface area contributed by atoms with E-state index in [2.05, 4.69) is 5.32 Å². The molecule has 0 fully saturated rings. The van der Waals surface area contributed by atoms with E-state index in [9.17, 15) is 14.9 Å². The molecule has 0 unspecified atom stereocenters. The van der Waals surface area contributed by atoms with Crippen molar-refractivity contribution < 1.29 is 19.2 Å². The summed E-state index contributed by atoms with van der Waals surface area (Å²) < 4.78 is 10.9. The molecule has 0 saturated heterocycles. The number of likely N-dealkylation sites (N-methyl/N-ethyl adjacent to an activating group) is 1. The SMILES string of the molecule is CCOc1ccc(CN(C)[C@@H](C)C(=O)Nc2ccccc2[N+](=O)[O-])cc1OC. The van der Waals surface area contributed by atoms with E-state index >= 15 is 0 Å². The number of carbonyl (C=O) groups is 1. The Bertz CT molecular complexity index is 840. The highest BCUT2D eigenvalue weighted by Crippen LogP contribution is 2.29. The van der Waals surface area contributed by atoms with E-state index in [0.717, 1.165) is 5.56 Å². The van der Waals surface area contributed by atoms with Crippen molar-refractivity contribution in [1.82, 2.24) is 4.90 Å². The zero-order valence-corrected chi connectivity index (χ0v) is 16.5. The molecule has 0 saturated carbocycles. The largest absolute Gasteiger partial charge is 0.493 e. The van der Waals surface area contributed by atoms with Crippen LogP contribution in [0.2, 0.25) is 0 Å². The average molecular weight is 387 g/mol. The number of benzene rings is 2. The number of ether oxygens (including phenoxy) is 2. The number of hydrogen-bond donors (Lipinski definition) is 1. The van der Waals surface area contributed by atoms with Crippen LogP contribution in [0.5, 0.6) is 11.5 Å². The fourth-order valence-corrected chi connectivity index (χ4v) is 2.69. The molecule has 2 rings (SSSR count). The second-order valence-corrected chi connectivity index (χ2v) is 6.27. The highest BCUT2D eigenvalue weighted by Gasteiger charge is 2.22. The lowest BCUT2D eigenvalue weighted by Gasteiger charge is -2.24. The highest BCUT2D eigenvalue weighted by atomic mass is 16.6. The topological polar surface area (TPSA) is 93.9 Å². The van der Waals surface area contributed by atoms with Gasteiger partial charge in [-0.2, -0.15) is 0 Å². The van der Waals surface area contributed by atoms with Crippen LogP contribution in [-0.2, 0) is 11.3 Å². The number of nitrogens with zero attached hydrogens (tertiary/aromatic N) is 2. The molecule has 2 aromatic rings. The van der Waals surface area contributed by atoms with E-state index < -0.39 is 11.0 Å². The minimum Gasteiger partial charge on any atom is -0.493 e. The summed E-state index contributed by atoms with van der Waals surface area (Å²) >= 11 is 0. The first kappa shape index (κ1) is 21.2. The summed E-state index contributed by atoms with van der Waals surface area (Å²) in [5, 5.41) is 13.7. The fraction of sp³-hybridized carbons (Fsp3) is 0.350. The van der Waals surface area contributed by atoms with E-state index in [-0.39, 0.29) is 17.3 Å². The molecule has 1 N–H and O–H groups in total. The van der Waals surface area contributed by atoms with Gasteiger partial charge in [-0.1, -0.05) is 18.2 Å². The van der Waals surface area contributed by atoms with Gasteiger partial charge in [0.15, 0.2) is 11.5 Å². The summed E-state index contributed by atoms with van der Waals surface area (Å²) in [7, 11) is 3.39. The molecule has 0 aliphatic carbocycles. The number of nitrogens with one attached hydrogen (secondary N) is 1. The summed E-state index contributed by atoms with van der Waals surface area (Å²) in [4.78, 5) is 25.0. The van der Waals surface area contributed by atoms with Gasteiger partial charge in [0.25, 0.3) is 5.69 Å². The Morgan fingerprint density at radius 3 is 2.61 bits per heavy atom. The van der Waals surface area contributed by atoms with Gasteiger partial charge in [0.1, 0.15) is 5.69 Å². The van der Waals surface area contributed by atoms with Crippen molar-refractivity contribution in [2.75, 3.05) is 26.1 Å². The Morgan fingerprint density at radius 1 is 1.25 bits per heavy atom. The number of carbonyl (C=O) groups excluding carboxylic acids is 1. The van der Waals surface area contributed by atoms with Crippen molar-refractivity contribution in [1.29, 1.82) is 0 Å². The van der Waals surface area contributed by atoms with Crippen LogP contribution in [0.25, 0.3) is 0 Å². The number of amides is 1. The number of methoxy groups -OCH3 is 1. The Hall–Kier alpha value is -3.13. The molecule has 0 aliphatic rings. The van der Waals surface area contributed by atoms with Crippen LogP contribution in [0.4, 0.5) is 11.4 Å². The van der Waals surface area contributed by atoms with Gasteiger partial charge >= 0.3 is 0 Å². The fourth-order valence-electron chi connectivity index (χ4n) is 2.69. The maximum atomic E-state index is 12.6. The molecule has 0 heterocycles. The lowest BCUT2D eigenvalue weighted by molar-refractivity contribution is -0.383. The maximum absolute atomic E-state index is 12.6. The molecule has 8 nitrogen and oxygen atoms in total. The van der Waals surface area contributed by atoms with Gasteiger partial charge in [-0.25, -0.2) is 0 Å². The van der Waals surface area contributed by atoms with Gasteiger partial charge in [-0.15, -0.1) is 0 Å². The number of hydrogen-bond acceptors (Lipinski definition) is 6. The summed E-state index contributed by atoms with van der Waals surface area (Å²) in [5.74, 6) is 0.970. The molecular formula is C20H25N3O5. The number of rotatable bonds is 9. The van der Waals surface area contributed by atoms with Gasteiger partial charge in [-0.3, -0.25) is 19.8 Å². The lowest BCUT2D eigenvalue weighted by atomic mass is 10.1. The van der Waals surface area contributed by atoms with Crippen molar-refractivity contribution in [3.63, 3.8) is 0 Å². The molecule has 150 valence electrons. The van der Waals surface area contributed by atoms with Gasteiger partial charge in [-0.05, 0) is 44.7 Å². The van der Waals surface area contributed by atoms with E-state index in [4.69, 9.17) is 9.47 Å². The number of nitro benzene ring substituents is 1. The van der Waals surface area contributed by atoms with Gasteiger partial charge in [0.2, 0.25) is 5.91 Å². The van der Waals surface area contributed by atoms with E-state index in [1.807, 2.05) is 37.1 Å². The molecule has 0 radical (unpaired) electrons. The minimum atomic E-state index is -0.518. The van der Waals surface area contributed by atoms with Crippen LogP contribution >= 0.6 is 0 Å². The number of anilines is 1. The predicted molar refractivity (Wildman–Crippen MR) is 107 cm³/mol. The Balaban J connectivity index is 2.07. The smallest absolute Gasteiger partial charge is 0.292 e. The molecule has 0 aliphatic heterocycles. The number of nitro groups is 1. The normalized spacial score (nSPS) is 11.8. The van der Waals surface area contributed by atoms with E-state index in [1.165, 1.54) is 12.1 Å². The van der Waals surface area contributed by atoms with Crippen molar-refractivity contribution in [3.05, 3.63) is 58.1 Å². The molecular weight excluding hydrogens is 362 g/mol. The summed E-state index contributed by atoms with van der Waals surface area (Å²) in [6, 6.07) is 11.2. The van der Waals surface area contributed by atoms with Crippen LogP contribution < -0.4 is 14.8 Å². The van der Waals surface area contributed by atoms with Crippen LogP contribution in [0, 0.1) is 10.1 Å². The molecule has 0 bridgehead atoms. The Morgan fingerprint density at radius 2 is 1.96 bits per heavy atom. The van der Waals surface area contributed by atoms with Gasteiger partial charge in [0, 0.05) is 12.6 Å². The third kappa shape index (κ3) is 5.20. The van der Waals surface area contributed by atoms with Crippen LogP contribution in [0.1, 0.15) is 19.4 Å². The Labute approximate surface area is 164 Å². The maximum Gasteiger partial charge on any atom is 0.292 e. The van der Waals surface area contributed by atoms with Crippen molar-refractivity contribution in [3.8, 4) is 11.5 Å². The lowest BCUT2D eigenvalue weighted by Crippen LogP contribution is -2.39. The summed E-state index contributed by atoms with van der Waals surface area (Å²) in [6.45, 7) is 4.68. The minimum absolute atomic E-state index is 0.137. The molecule has 1 atom stereocenters. The summed E-state index contributed by atoms with van der Waals surface area (Å²) in [6.07, 6.45) is 0. The van der Waals surface area contributed by atoms with E-state index in [1.54, 1.807) is 26.2 Å². The van der Waals surface area contributed by atoms with Gasteiger partial charge in [0.05, 0.1) is 24.7 Å². The molecule has 1 amide bonds. The average Bonchev–Trinajstić information content (AvgIpc) is 2.68. The van der Waals surface area contributed by atoms with Crippen molar-refractivity contribution in [2.24, 2.45) is 0 Å². The van der Waals surface area contributed by atoms with Crippen molar-refractivity contribution >= 4 is 17.3 Å². The third-order valence-corrected chi connectivity index (χ3v) is 4.36. The highest BCUT2D eigenvalue weighted by molar-refractivity contribution is 5.96. The monoisotopic (exact) mass is 387 g/mol. The van der Waals surface area contributed by atoms with Crippen LogP contribution in [0.3, 0.4) is 0 Å². The first-order chi connectivity index (χ1) is 13.4. The summed E-state index contributed by atoms with van der Waals surface area (Å²) in [5.41, 5.74) is 0.996. The van der Waals surface area contributed by atoms with Gasteiger partial charge < -0.3 is 14.8 Å². The van der Waals surface area contributed by atoms with E-state index in [0.29, 0.717) is 24.7 Å². The Kier molecular flexibility index (Phi) is 7.34. The first-order valence-corrected chi connectivity index (χ1v) is 8.91. The second kappa shape index (κ2) is 9.70. The quantitative estimate of drug-likeness (QED) is 0.523. The molecule has 28 heavy (non-hydrogen) atoms. The third-order valence-electron chi connectivity index (χ3n) is 4.36. The molecule has 2 aromatic carbocycles. The zero-order chi connectivity index (χ0) is 20.7. The zero-order valence-electron chi connectivity index (χ0n) is 16.5. The predicted octanol–water partition coefficient (Wildman–Crippen LogP) is 3.46. The molecule has 0 aromatic heterocycles. The second-order valence-electron chi connectivity index (χ2n) is 6.27. The van der Waals surface area contributed by atoms with Crippen LogP contribution in [-0.4, -0.2) is 42.5 Å². The first-order valence-electron chi connectivity index (χ1n) is 8.91. The number of para-hydroxylation sites is 2. The molecule has 0 spiro atoms. The van der Waals surface area contributed by atoms with Crippen LogP contribution in [0.15, 0.2) is 42.5 Å². The molecule has 8 heteroatoms. The van der Waals surface area contributed by atoms with Crippen molar-refractivity contribution in [2.45, 2.75) is 26.4 Å².